The van der Waals surface area contributed by atoms with E-state index in [1.54, 1.807) is 0 Å². The van der Waals surface area contributed by atoms with Gasteiger partial charge < -0.3 is 10.0 Å². The summed E-state index contributed by atoms with van der Waals surface area (Å²) in [4.78, 5) is 2.31. The summed E-state index contributed by atoms with van der Waals surface area (Å²) in [6.07, 6.45) is 5.52. The van der Waals surface area contributed by atoms with Gasteiger partial charge in [-0.2, -0.15) is 5.10 Å². The van der Waals surface area contributed by atoms with Crippen molar-refractivity contribution in [2.75, 3.05) is 19.6 Å². The van der Waals surface area contributed by atoms with E-state index in [2.05, 4.69) is 10.00 Å². The highest BCUT2D eigenvalue weighted by Gasteiger charge is 2.22. The van der Waals surface area contributed by atoms with Crippen LogP contribution in [0.2, 0.25) is 5.02 Å². The van der Waals surface area contributed by atoms with Crippen molar-refractivity contribution in [1.29, 1.82) is 0 Å². The number of piperidine rings is 1. The van der Waals surface area contributed by atoms with Crippen molar-refractivity contribution in [1.82, 2.24) is 14.7 Å². The van der Waals surface area contributed by atoms with Crippen LogP contribution in [-0.4, -0.2) is 39.4 Å². The van der Waals surface area contributed by atoms with Gasteiger partial charge in [-0.25, -0.2) is 0 Å². The predicted octanol–water partition coefficient (Wildman–Crippen LogP) is 2.91. The Morgan fingerprint density at radius 1 is 1.29 bits per heavy atom. The number of rotatable bonds is 4. The Morgan fingerprint density at radius 3 is 2.76 bits per heavy atom. The molecule has 5 heteroatoms. The summed E-state index contributed by atoms with van der Waals surface area (Å²) in [5.41, 5.74) is 0.886. The van der Waals surface area contributed by atoms with E-state index < -0.39 is 6.10 Å². The number of likely N-dealkylation sites (tertiary alicyclic amines) is 1. The van der Waals surface area contributed by atoms with Gasteiger partial charge in [0.2, 0.25) is 0 Å². The highest BCUT2D eigenvalue weighted by atomic mass is 35.5. The van der Waals surface area contributed by atoms with Gasteiger partial charge in [0.05, 0.1) is 12.1 Å². The number of aromatic nitrogens is 2. The molecule has 1 aromatic heterocycles. The SMILES string of the molecule is OC(CN1CCC(n2cccn2)CC1)c1cccc(Cl)c1. The molecule has 1 fully saturated rings. The molecule has 21 heavy (non-hydrogen) atoms. The number of hydrogen-bond acceptors (Lipinski definition) is 3. The van der Waals surface area contributed by atoms with Crippen LogP contribution >= 0.6 is 11.6 Å². The molecule has 1 aliphatic rings. The smallest absolute Gasteiger partial charge is 0.0917 e. The minimum absolute atomic E-state index is 0.482. The standard InChI is InChI=1S/C16H20ClN3O/c17-14-4-1-3-13(11-14)16(21)12-19-9-5-15(6-10-19)20-8-2-7-18-20/h1-4,7-8,11,15-16,21H,5-6,9-10,12H2. The van der Waals surface area contributed by atoms with E-state index in [9.17, 15) is 5.11 Å². The molecule has 4 nitrogen and oxygen atoms in total. The number of β-amino-alcohol motifs (C(OH)–C–C–N with tert-alkyl or cyclic N) is 1. The van der Waals surface area contributed by atoms with Crippen molar-refractivity contribution in [2.24, 2.45) is 0 Å². The van der Waals surface area contributed by atoms with Crippen molar-refractivity contribution >= 4 is 11.6 Å². The molecule has 3 rings (SSSR count). The van der Waals surface area contributed by atoms with Crippen molar-refractivity contribution < 1.29 is 5.11 Å². The molecular formula is C16H20ClN3O. The van der Waals surface area contributed by atoms with E-state index in [4.69, 9.17) is 11.6 Å². The lowest BCUT2D eigenvalue weighted by molar-refractivity contribution is 0.0890. The van der Waals surface area contributed by atoms with Gasteiger partial charge in [0.1, 0.15) is 0 Å². The van der Waals surface area contributed by atoms with E-state index in [1.807, 2.05) is 47.4 Å². The molecule has 112 valence electrons. The Balaban J connectivity index is 1.53. The molecule has 1 atom stereocenters. The normalized spacial score (nSPS) is 18.8. The zero-order valence-corrected chi connectivity index (χ0v) is 12.7. The highest BCUT2D eigenvalue weighted by Crippen LogP contribution is 2.24. The van der Waals surface area contributed by atoms with Crippen LogP contribution < -0.4 is 0 Å². The first-order chi connectivity index (χ1) is 10.2. The topological polar surface area (TPSA) is 41.3 Å². The van der Waals surface area contributed by atoms with E-state index in [-0.39, 0.29) is 0 Å². The molecule has 1 saturated heterocycles. The zero-order valence-electron chi connectivity index (χ0n) is 11.9. The summed E-state index contributed by atoms with van der Waals surface area (Å²) in [7, 11) is 0. The average Bonchev–Trinajstić information content (AvgIpc) is 3.02. The van der Waals surface area contributed by atoms with Crippen LogP contribution in [0.5, 0.6) is 0 Å². The molecule has 2 aromatic rings. The first kappa shape index (κ1) is 14.6. The molecule has 1 N–H and O–H groups in total. The first-order valence-corrected chi connectivity index (χ1v) is 7.75. The molecule has 0 spiro atoms. The van der Waals surface area contributed by atoms with E-state index in [0.29, 0.717) is 17.6 Å². The van der Waals surface area contributed by atoms with Gasteiger partial charge in [0, 0.05) is 37.1 Å². The molecule has 1 aromatic carbocycles. The zero-order chi connectivity index (χ0) is 14.7. The average molecular weight is 306 g/mol. The van der Waals surface area contributed by atoms with Gasteiger partial charge in [0.15, 0.2) is 0 Å². The second-order valence-electron chi connectivity index (χ2n) is 5.59. The number of aliphatic hydroxyl groups excluding tert-OH is 1. The minimum Gasteiger partial charge on any atom is -0.387 e. The van der Waals surface area contributed by atoms with Crippen LogP contribution in [0, 0.1) is 0 Å². The third-order valence-corrected chi connectivity index (χ3v) is 4.36. The lowest BCUT2D eigenvalue weighted by Crippen LogP contribution is -2.37. The summed E-state index contributed by atoms with van der Waals surface area (Å²) >= 11 is 5.97. The quantitative estimate of drug-likeness (QED) is 0.944. The maximum absolute atomic E-state index is 10.3. The fraction of sp³-hybridized carbons (Fsp3) is 0.438. The summed E-state index contributed by atoms with van der Waals surface area (Å²) in [5, 5.41) is 15.3. The molecule has 0 amide bonds. The van der Waals surface area contributed by atoms with Gasteiger partial charge in [-0.05, 0) is 36.6 Å². The second-order valence-corrected chi connectivity index (χ2v) is 6.03. The number of benzene rings is 1. The molecule has 0 radical (unpaired) electrons. The van der Waals surface area contributed by atoms with Crippen molar-refractivity contribution in [3.05, 3.63) is 53.3 Å². The second kappa shape index (κ2) is 6.60. The Morgan fingerprint density at radius 2 is 2.10 bits per heavy atom. The lowest BCUT2D eigenvalue weighted by atomic mass is 10.0. The number of halogens is 1. The van der Waals surface area contributed by atoms with Crippen LogP contribution in [0.25, 0.3) is 0 Å². The van der Waals surface area contributed by atoms with Crippen LogP contribution in [0.3, 0.4) is 0 Å². The lowest BCUT2D eigenvalue weighted by Gasteiger charge is -2.33. The number of aliphatic hydroxyl groups is 1. The maximum atomic E-state index is 10.3. The fourth-order valence-electron chi connectivity index (χ4n) is 2.93. The molecule has 0 bridgehead atoms. The van der Waals surface area contributed by atoms with Crippen LogP contribution in [0.1, 0.15) is 30.6 Å². The van der Waals surface area contributed by atoms with Crippen molar-refractivity contribution in [2.45, 2.75) is 25.0 Å². The van der Waals surface area contributed by atoms with E-state index in [0.717, 1.165) is 31.5 Å². The molecular weight excluding hydrogens is 286 g/mol. The van der Waals surface area contributed by atoms with Crippen LogP contribution in [-0.2, 0) is 0 Å². The highest BCUT2D eigenvalue weighted by molar-refractivity contribution is 6.30. The number of hydrogen-bond donors (Lipinski definition) is 1. The largest absolute Gasteiger partial charge is 0.387 e. The molecule has 0 aliphatic carbocycles. The molecule has 1 aliphatic heterocycles. The molecule has 0 saturated carbocycles. The van der Waals surface area contributed by atoms with Gasteiger partial charge in [-0.15, -0.1) is 0 Å². The Bertz CT molecular complexity index is 565. The summed E-state index contributed by atoms with van der Waals surface area (Å²) in [5.74, 6) is 0. The van der Waals surface area contributed by atoms with E-state index >= 15 is 0 Å². The van der Waals surface area contributed by atoms with Crippen molar-refractivity contribution in [3.63, 3.8) is 0 Å². The van der Waals surface area contributed by atoms with Gasteiger partial charge in [-0.3, -0.25) is 4.68 Å². The summed E-state index contributed by atoms with van der Waals surface area (Å²) in [6, 6.07) is 9.92. The van der Waals surface area contributed by atoms with Gasteiger partial charge in [0.25, 0.3) is 0 Å². The van der Waals surface area contributed by atoms with Crippen molar-refractivity contribution in [3.8, 4) is 0 Å². The van der Waals surface area contributed by atoms with Gasteiger partial charge in [-0.1, -0.05) is 23.7 Å². The predicted molar refractivity (Wildman–Crippen MR) is 83.3 cm³/mol. The third kappa shape index (κ3) is 3.64. The van der Waals surface area contributed by atoms with Gasteiger partial charge >= 0.3 is 0 Å². The van der Waals surface area contributed by atoms with Crippen LogP contribution in [0.4, 0.5) is 0 Å². The monoisotopic (exact) mass is 305 g/mol. The first-order valence-electron chi connectivity index (χ1n) is 7.37. The summed E-state index contributed by atoms with van der Waals surface area (Å²) in [6.45, 7) is 2.64. The Labute approximate surface area is 130 Å². The van der Waals surface area contributed by atoms with Crippen LogP contribution in [0.15, 0.2) is 42.7 Å². The third-order valence-electron chi connectivity index (χ3n) is 4.12. The summed E-state index contributed by atoms with van der Waals surface area (Å²) < 4.78 is 2.05. The Kier molecular flexibility index (Phi) is 4.58. The Hall–Kier alpha value is -1.36. The van der Waals surface area contributed by atoms with E-state index in [1.165, 1.54) is 0 Å². The maximum Gasteiger partial charge on any atom is 0.0917 e. The fourth-order valence-corrected chi connectivity index (χ4v) is 3.13. The number of nitrogens with zero attached hydrogens (tertiary/aromatic N) is 3. The molecule has 1 unspecified atom stereocenters. The molecule has 2 heterocycles. The minimum atomic E-state index is -0.482.